The average molecular weight is 442 g/mol. The molecule has 0 radical (unpaired) electrons. The Morgan fingerprint density at radius 1 is 0.812 bits per heavy atom. The van der Waals surface area contributed by atoms with Crippen molar-refractivity contribution < 1.29 is 29.4 Å². The molecule has 0 bridgehead atoms. The quantitative estimate of drug-likeness (QED) is 0.269. The van der Waals surface area contributed by atoms with Crippen molar-refractivity contribution in [3.8, 4) is 5.75 Å². The molecule has 0 aliphatic rings. The van der Waals surface area contributed by atoms with E-state index in [9.17, 15) is 29.4 Å². The summed E-state index contributed by atoms with van der Waals surface area (Å²) in [5.41, 5.74) is 12.5. The number of carbonyl (C=O) groups is 4. The first kappa shape index (κ1) is 24.4. The zero-order valence-electron chi connectivity index (χ0n) is 17.2. The van der Waals surface area contributed by atoms with Crippen LogP contribution >= 0.6 is 0 Å². The number of hydrogen-bond acceptors (Lipinski definition) is 6. The Balaban J connectivity index is 2.15. The van der Waals surface area contributed by atoms with E-state index in [1.807, 2.05) is 30.3 Å². The zero-order valence-corrected chi connectivity index (χ0v) is 17.2. The number of nitrogens with one attached hydrogen (secondary N) is 2. The summed E-state index contributed by atoms with van der Waals surface area (Å²) < 4.78 is 0. The Hall–Kier alpha value is -3.92. The van der Waals surface area contributed by atoms with Crippen molar-refractivity contribution in [1.29, 1.82) is 0 Å². The summed E-state index contributed by atoms with van der Waals surface area (Å²) in [7, 11) is 0. The summed E-state index contributed by atoms with van der Waals surface area (Å²) in [6, 6.07) is 11.4. The molecule has 0 aliphatic heterocycles. The van der Waals surface area contributed by atoms with E-state index in [0.29, 0.717) is 5.56 Å². The first-order valence-electron chi connectivity index (χ1n) is 9.85. The van der Waals surface area contributed by atoms with Crippen LogP contribution in [0.1, 0.15) is 17.5 Å². The molecular weight excluding hydrogens is 416 g/mol. The fraction of sp³-hybridized carbons (Fsp3) is 0.273. The molecule has 0 aromatic heterocycles. The van der Waals surface area contributed by atoms with E-state index >= 15 is 0 Å². The SMILES string of the molecule is NC(=O)CC(NC(=O)C(Cc1ccc(O)cc1)NC(=O)C(N)Cc1ccccc1)C(=O)O. The Morgan fingerprint density at radius 3 is 1.94 bits per heavy atom. The van der Waals surface area contributed by atoms with Gasteiger partial charge in [0.1, 0.15) is 17.8 Å². The third-order valence-corrected chi connectivity index (χ3v) is 4.66. The van der Waals surface area contributed by atoms with Gasteiger partial charge in [0.15, 0.2) is 0 Å². The predicted molar refractivity (Wildman–Crippen MR) is 115 cm³/mol. The minimum absolute atomic E-state index is 0.00117. The predicted octanol–water partition coefficient (Wildman–Crippen LogP) is -0.566. The van der Waals surface area contributed by atoms with Crippen molar-refractivity contribution in [3.63, 3.8) is 0 Å². The Bertz CT molecular complexity index is 949. The second-order valence-electron chi connectivity index (χ2n) is 7.30. The number of carboxylic acids is 1. The second-order valence-corrected chi connectivity index (χ2v) is 7.30. The van der Waals surface area contributed by atoms with E-state index in [1.54, 1.807) is 12.1 Å². The summed E-state index contributed by atoms with van der Waals surface area (Å²) in [6.07, 6.45) is -0.368. The van der Waals surface area contributed by atoms with Crippen LogP contribution in [0.3, 0.4) is 0 Å². The Labute approximate surface area is 184 Å². The lowest BCUT2D eigenvalue weighted by Crippen LogP contribution is -2.56. The summed E-state index contributed by atoms with van der Waals surface area (Å²) in [4.78, 5) is 47.9. The smallest absolute Gasteiger partial charge is 0.326 e. The number of carboxylic acid groups (broad SMARTS) is 1. The fourth-order valence-corrected chi connectivity index (χ4v) is 2.99. The highest BCUT2D eigenvalue weighted by molar-refractivity contribution is 5.93. The van der Waals surface area contributed by atoms with E-state index in [2.05, 4.69) is 10.6 Å². The van der Waals surface area contributed by atoms with Crippen LogP contribution < -0.4 is 22.1 Å². The number of primary amides is 1. The van der Waals surface area contributed by atoms with Gasteiger partial charge in [-0.05, 0) is 29.7 Å². The molecule has 10 nitrogen and oxygen atoms in total. The van der Waals surface area contributed by atoms with E-state index < -0.39 is 48.2 Å². The van der Waals surface area contributed by atoms with Crippen LogP contribution in [0.15, 0.2) is 54.6 Å². The van der Waals surface area contributed by atoms with Crippen molar-refractivity contribution in [1.82, 2.24) is 10.6 Å². The fourth-order valence-electron chi connectivity index (χ4n) is 2.99. The second kappa shape index (κ2) is 11.5. The molecule has 2 rings (SSSR count). The molecule has 10 heteroatoms. The molecule has 0 heterocycles. The largest absolute Gasteiger partial charge is 0.508 e. The lowest BCUT2D eigenvalue weighted by atomic mass is 10.0. The summed E-state index contributed by atoms with van der Waals surface area (Å²) in [6.45, 7) is 0. The van der Waals surface area contributed by atoms with E-state index in [4.69, 9.17) is 11.5 Å². The summed E-state index contributed by atoms with van der Waals surface area (Å²) in [5.74, 6) is -3.73. The maximum Gasteiger partial charge on any atom is 0.326 e. The monoisotopic (exact) mass is 442 g/mol. The van der Waals surface area contributed by atoms with Crippen molar-refractivity contribution in [2.45, 2.75) is 37.4 Å². The molecule has 3 atom stereocenters. The van der Waals surface area contributed by atoms with E-state index in [0.717, 1.165) is 5.56 Å². The topological polar surface area (TPSA) is 185 Å². The maximum atomic E-state index is 12.8. The molecule has 32 heavy (non-hydrogen) atoms. The molecular formula is C22H26N4O6. The van der Waals surface area contributed by atoms with Crippen LogP contribution in [-0.4, -0.2) is 52.0 Å². The molecule has 170 valence electrons. The van der Waals surface area contributed by atoms with Crippen LogP contribution in [0.2, 0.25) is 0 Å². The van der Waals surface area contributed by atoms with Gasteiger partial charge in [0, 0.05) is 6.42 Å². The summed E-state index contributed by atoms with van der Waals surface area (Å²) >= 11 is 0. The minimum atomic E-state index is -1.54. The standard InChI is InChI=1S/C22H26N4O6/c23-16(10-13-4-2-1-3-5-13)20(29)25-17(11-14-6-8-15(27)9-7-14)21(30)26-18(22(31)32)12-19(24)28/h1-9,16-18,27H,10-12,23H2,(H2,24,28)(H,25,29)(H,26,30)(H,31,32). The van der Waals surface area contributed by atoms with Crippen molar-refractivity contribution >= 4 is 23.7 Å². The third-order valence-electron chi connectivity index (χ3n) is 4.66. The number of aliphatic carboxylic acids is 1. The molecule has 3 amide bonds. The molecule has 8 N–H and O–H groups in total. The zero-order chi connectivity index (χ0) is 23.7. The molecule has 0 fully saturated rings. The van der Waals surface area contributed by atoms with Gasteiger partial charge in [-0.15, -0.1) is 0 Å². The molecule has 0 aliphatic carbocycles. The molecule has 0 saturated heterocycles. The van der Waals surface area contributed by atoms with Crippen LogP contribution in [-0.2, 0) is 32.0 Å². The van der Waals surface area contributed by atoms with Crippen LogP contribution in [0.4, 0.5) is 0 Å². The number of hydrogen-bond donors (Lipinski definition) is 6. The first-order valence-corrected chi connectivity index (χ1v) is 9.85. The highest BCUT2D eigenvalue weighted by Crippen LogP contribution is 2.12. The number of benzene rings is 2. The maximum absolute atomic E-state index is 12.8. The van der Waals surface area contributed by atoms with Gasteiger partial charge in [-0.2, -0.15) is 0 Å². The van der Waals surface area contributed by atoms with Gasteiger partial charge in [-0.1, -0.05) is 42.5 Å². The number of phenols is 1. The normalized spacial score (nSPS) is 13.4. The van der Waals surface area contributed by atoms with Crippen LogP contribution in [0.5, 0.6) is 5.75 Å². The lowest BCUT2D eigenvalue weighted by Gasteiger charge is -2.23. The molecule has 2 aromatic rings. The first-order chi connectivity index (χ1) is 15.2. The number of carbonyl (C=O) groups excluding carboxylic acids is 3. The molecule has 3 unspecified atom stereocenters. The lowest BCUT2D eigenvalue weighted by molar-refractivity contribution is -0.143. The Kier molecular flexibility index (Phi) is 8.72. The van der Waals surface area contributed by atoms with Gasteiger partial charge < -0.3 is 32.3 Å². The van der Waals surface area contributed by atoms with E-state index in [1.165, 1.54) is 12.1 Å². The summed E-state index contributed by atoms with van der Waals surface area (Å²) in [5, 5.41) is 23.5. The average Bonchev–Trinajstić information content (AvgIpc) is 2.74. The van der Waals surface area contributed by atoms with Gasteiger partial charge in [0.05, 0.1) is 12.5 Å². The van der Waals surface area contributed by atoms with E-state index in [-0.39, 0.29) is 18.6 Å². The van der Waals surface area contributed by atoms with Gasteiger partial charge in [0.2, 0.25) is 17.7 Å². The van der Waals surface area contributed by atoms with Crippen LogP contribution in [0, 0.1) is 0 Å². The minimum Gasteiger partial charge on any atom is -0.508 e. The number of rotatable bonds is 11. The molecule has 2 aromatic carbocycles. The highest BCUT2D eigenvalue weighted by Gasteiger charge is 2.29. The van der Waals surface area contributed by atoms with Gasteiger partial charge in [0.25, 0.3) is 0 Å². The molecule has 0 spiro atoms. The van der Waals surface area contributed by atoms with Crippen molar-refractivity contribution in [3.05, 3.63) is 65.7 Å². The van der Waals surface area contributed by atoms with Crippen LogP contribution in [0.25, 0.3) is 0 Å². The number of phenolic OH excluding ortho intramolecular Hbond substituents is 1. The van der Waals surface area contributed by atoms with Gasteiger partial charge in [-0.3, -0.25) is 14.4 Å². The van der Waals surface area contributed by atoms with Gasteiger partial charge >= 0.3 is 5.97 Å². The van der Waals surface area contributed by atoms with Gasteiger partial charge in [-0.25, -0.2) is 4.79 Å². The highest BCUT2D eigenvalue weighted by atomic mass is 16.4. The number of aromatic hydroxyl groups is 1. The number of nitrogens with two attached hydrogens (primary N) is 2. The van der Waals surface area contributed by atoms with Crippen molar-refractivity contribution in [2.75, 3.05) is 0 Å². The Morgan fingerprint density at radius 2 is 1.38 bits per heavy atom. The molecule has 0 saturated carbocycles. The number of amides is 3. The third kappa shape index (κ3) is 7.73. The van der Waals surface area contributed by atoms with Crippen molar-refractivity contribution in [2.24, 2.45) is 11.5 Å².